The molecule has 1 heterocycles. The first kappa shape index (κ1) is 12.6. The molecule has 4 nitrogen and oxygen atoms in total. The second-order valence-corrected chi connectivity index (χ2v) is 5.64. The summed E-state index contributed by atoms with van der Waals surface area (Å²) < 4.78 is 4.36. The second kappa shape index (κ2) is 5.67. The maximum Gasteiger partial charge on any atom is 0.203 e. The monoisotopic (exact) mass is 275 g/mol. The number of rotatable bonds is 3. The third-order valence-electron chi connectivity index (χ3n) is 3.50. The number of nitrogens with zero attached hydrogens (tertiary/aromatic N) is 2. The fourth-order valence-corrected chi connectivity index (χ4v) is 3.08. The van der Waals surface area contributed by atoms with Crippen molar-refractivity contribution in [3.05, 3.63) is 30.3 Å². The van der Waals surface area contributed by atoms with E-state index in [1.54, 1.807) is 0 Å². The zero-order chi connectivity index (χ0) is 13.1. The first-order chi connectivity index (χ1) is 9.33. The van der Waals surface area contributed by atoms with Crippen LogP contribution < -0.4 is 5.32 Å². The Morgan fingerprint density at radius 2 is 1.95 bits per heavy atom. The number of nitrogens with one attached hydrogen (secondary N) is 1. The summed E-state index contributed by atoms with van der Waals surface area (Å²) in [5, 5.41) is 14.1. The van der Waals surface area contributed by atoms with Crippen LogP contribution in [0.15, 0.2) is 30.3 Å². The van der Waals surface area contributed by atoms with Crippen molar-refractivity contribution in [3.8, 4) is 11.4 Å². The summed E-state index contributed by atoms with van der Waals surface area (Å²) >= 11 is 1.36. The Hall–Kier alpha value is -1.46. The molecule has 0 amide bonds. The molecule has 1 fully saturated rings. The van der Waals surface area contributed by atoms with Crippen LogP contribution >= 0.6 is 11.5 Å². The SMILES string of the molecule is O[C@H]1CCCC[C@@H]1Nc1nc(-c2ccccc2)ns1. The maximum absolute atomic E-state index is 9.95. The standard InChI is InChI=1S/C14H17N3OS/c18-12-9-5-4-8-11(12)15-14-16-13(17-19-14)10-6-2-1-3-7-10/h1-3,6-7,11-12,18H,4-5,8-9H2,(H,15,16,17)/t11-,12-/m0/s1. The van der Waals surface area contributed by atoms with Crippen molar-refractivity contribution in [2.45, 2.75) is 37.8 Å². The number of hydrogen-bond donors (Lipinski definition) is 2. The summed E-state index contributed by atoms with van der Waals surface area (Å²) in [5.74, 6) is 0.749. The van der Waals surface area contributed by atoms with Gasteiger partial charge in [0.05, 0.1) is 12.1 Å². The molecule has 0 saturated heterocycles. The first-order valence-electron chi connectivity index (χ1n) is 6.66. The van der Waals surface area contributed by atoms with Crippen molar-refractivity contribution < 1.29 is 5.11 Å². The molecule has 1 aromatic heterocycles. The van der Waals surface area contributed by atoms with Gasteiger partial charge in [0.25, 0.3) is 0 Å². The summed E-state index contributed by atoms with van der Waals surface area (Å²) in [7, 11) is 0. The zero-order valence-electron chi connectivity index (χ0n) is 10.6. The normalized spacial score (nSPS) is 23.2. The van der Waals surface area contributed by atoms with Crippen molar-refractivity contribution in [2.75, 3.05) is 5.32 Å². The van der Waals surface area contributed by atoms with Gasteiger partial charge in [-0.3, -0.25) is 0 Å². The molecule has 2 N–H and O–H groups in total. The molecule has 2 atom stereocenters. The number of aliphatic hydroxyl groups excluding tert-OH is 1. The van der Waals surface area contributed by atoms with Gasteiger partial charge in [0.2, 0.25) is 5.13 Å². The molecule has 1 aromatic carbocycles. The van der Waals surface area contributed by atoms with Gasteiger partial charge in [0.1, 0.15) is 0 Å². The molecule has 0 spiro atoms. The van der Waals surface area contributed by atoms with E-state index in [0.717, 1.165) is 35.8 Å². The number of aromatic nitrogens is 2. The lowest BCUT2D eigenvalue weighted by Crippen LogP contribution is -2.36. The Balaban J connectivity index is 1.71. The average molecular weight is 275 g/mol. The molecule has 100 valence electrons. The molecule has 3 rings (SSSR count). The van der Waals surface area contributed by atoms with Crippen LogP contribution in [0, 0.1) is 0 Å². The molecule has 1 saturated carbocycles. The quantitative estimate of drug-likeness (QED) is 0.904. The van der Waals surface area contributed by atoms with Gasteiger partial charge in [-0.1, -0.05) is 43.2 Å². The first-order valence-corrected chi connectivity index (χ1v) is 7.44. The minimum atomic E-state index is -0.266. The molecule has 0 unspecified atom stereocenters. The van der Waals surface area contributed by atoms with Crippen LogP contribution in [0.25, 0.3) is 11.4 Å². The summed E-state index contributed by atoms with van der Waals surface area (Å²) in [5.41, 5.74) is 1.02. The molecular weight excluding hydrogens is 258 g/mol. The highest BCUT2D eigenvalue weighted by atomic mass is 32.1. The third kappa shape index (κ3) is 2.93. The van der Waals surface area contributed by atoms with E-state index in [2.05, 4.69) is 14.7 Å². The predicted octanol–water partition coefficient (Wildman–Crippen LogP) is 2.92. The summed E-state index contributed by atoms with van der Waals surface area (Å²) in [6.45, 7) is 0. The third-order valence-corrected chi connectivity index (χ3v) is 4.14. The highest BCUT2D eigenvalue weighted by molar-refractivity contribution is 7.09. The van der Waals surface area contributed by atoms with E-state index in [0.29, 0.717) is 0 Å². The van der Waals surface area contributed by atoms with Crippen molar-refractivity contribution in [1.29, 1.82) is 0 Å². The Kier molecular flexibility index (Phi) is 3.75. The van der Waals surface area contributed by atoms with Crippen molar-refractivity contribution in [3.63, 3.8) is 0 Å². The van der Waals surface area contributed by atoms with E-state index in [4.69, 9.17) is 0 Å². The van der Waals surface area contributed by atoms with Crippen molar-refractivity contribution in [2.24, 2.45) is 0 Å². The van der Waals surface area contributed by atoms with Crippen LogP contribution in [0.5, 0.6) is 0 Å². The molecule has 0 bridgehead atoms. The van der Waals surface area contributed by atoms with Crippen LogP contribution in [-0.4, -0.2) is 26.6 Å². The van der Waals surface area contributed by atoms with E-state index in [1.807, 2.05) is 30.3 Å². The molecule has 0 aliphatic heterocycles. The van der Waals surface area contributed by atoms with Gasteiger partial charge in [-0.15, -0.1) is 0 Å². The summed E-state index contributed by atoms with van der Waals surface area (Å²) in [6, 6.07) is 10.1. The number of hydrogen-bond acceptors (Lipinski definition) is 5. The van der Waals surface area contributed by atoms with E-state index in [1.165, 1.54) is 18.0 Å². The van der Waals surface area contributed by atoms with E-state index < -0.39 is 0 Å². The Morgan fingerprint density at radius 1 is 1.16 bits per heavy atom. The fourth-order valence-electron chi connectivity index (χ4n) is 2.42. The minimum Gasteiger partial charge on any atom is -0.391 e. The summed E-state index contributed by atoms with van der Waals surface area (Å²) in [6.07, 6.45) is 3.89. The smallest absolute Gasteiger partial charge is 0.203 e. The Morgan fingerprint density at radius 3 is 2.74 bits per heavy atom. The van der Waals surface area contributed by atoms with Crippen molar-refractivity contribution in [1.82, 2.24) is 9.36 Å². The second-order valence-electron chi connectivity index (χ2n) is 4.89. The zero-order valence-corrected chi connectivity index (χ0v) is 11.4. The minimum absolute atomic E-state index is 0.116. The average Bonchev–Trinajstić information content (AvgIpc) is 2.91. The van der Waals surface area contributed by atoms with E-state index in [9.17, 15) is 5.11 Å². The lowest BCUT2D eigenvalue weighted by Gasteiger charge is -2.27. The van der Waals surface area contributed by atoms with E-state index in [-0.39, 0.29) is 12.1 Å². The maximum atomic E-state index is 9.95. The number of aliphatic hydroxyl groups is 1. The fraction of sp³-hybridized carbons (Fsp3) is 0.429. The van der Waals surface area contributed by atoms with Gasteiger partial charge in [0, 0.05) is 17.1 Å². The molecule has 0 radical (unpaired) electrons. The topological polar surface area (TPSA) is 58.0 Å². The van der Waals surface area contributed by atoms with E-state index >= 15 is 0 Å². The van der Waals surface area contributed by atoms with Crippen LogP contribution in [0.1, 0.15) is 25.7 Å². The van der Waals surface area contributed by atoms with Gasteiger partial charge in [-0.05, 0) is 12.8 Å². The molecular formula is C14H17N3OS. The van der Waals surface area contributed by atoms with Gasteiger partial charge < -0.3 is 10.4 Å². The largest absolute Gasteiger partial charge is 0.391 e. The molecule has 19 heavy (non-hydrogen) atoms. The molecule has 1 aliphatic carbocycles. The van der Waals surface area contributed by atoms with Crippen LogP contribution in [-0.2, 0) is 0 Å². The number of anilines is 1. The van der Waals surface area contributed by atoms with Gasteiger partial charge in [-0.25, -0.2) is 0 Å². The molecule has 5 heteroatoms. The van der Waals surface area contributed by atoms with Crippen molar-refractivity contribution >= 4 is 16.7 Å². The van der Waals surface area contributed by atoms with Gasteiger partial charge in [-0.2, -0.15) is 9.36 Å². The molecule has 1 aliphatic rings. The molecule has 2 aromatic rings. The van der Waals surface area contributed by atoms with Crippen LogP contribution in [0.3, 0.4) is 0 Å². The lowest BCUT2D eigenvalue weighted by atomic mass is 9.93. The highest BCUT2D eigenvalue weighted by Crippen LogP contribution is 2.25. The Labute approximate surface area is 116 Å². The lowest BCUT2D eigenvalue weighted by molar-refractivity contribution is 0.116. The van der Waals surface area contributed by atoms with Gasteiger partial charge in [0.15, 0.2) is 5.82 Å². The van der Waals surface area contributed by atoms with Crippen LogP contribution in [0.2, 0.25) is 0 Å². The Bertz CT molecular complexity index is 528. The van der Waals surface area contributed by atoms with Crippen LogP contribution in [0.4, 0.5) is 5.13 Å². The summed E-state index contributed by atoms with van der Waals surface area (Å²) in [4.78, 5) is 4.49. The highest BCUT2D eigenvalue weighted by Gasteiger charge is 2.23. The van der Waals surface area contributed by atoms with Gasteiger partial charge >= 0.3 is 0 Å². The predicted molar refractivity (Wildman–Crippen MR) is 77.2 cm³/mol. The number of benzene rings is 1.